The highest BCUT2D eigenvalue weighted by Crippen LogP contribution is 2.47. The summed E-state index contributed by atoms with van der Waals surface area (Å²) < 4.78 is 1.60. The second-order valence-corrected chi connectivity index (χ2v) is 10.7. The number of para-hydroxylation sites is 1. The van der Waals surface area contributed by atoms with Crippen LogP contribution in [-0.2, 0) is 24.8 Å². The zero-order valence-electron chi connectivity index (χ0n) is 22.5. The second kappa shape index (κ2) is 10.3. The van der Waals surface area contributed by atoms with E-state index < -0.39 is 17.4 Å². The van der Waals surface area contributed by atoms with Crippen molar-refractivity contribution in [2.24, 2.45) is 12.5 Å². The smallest absolute Gasteiger partial charge is 0.354 e. The molecule has 4 aromatic rings. The van der Waals surface area contributed by atoms with E-state index in [0.29, 0.717) is 56.1 Å². The Morgan fingerprint density at radius 3 is 2.27 bits per heavy atom. The molecule has 0 saturated carbocycles. The van der Waals surface area contributed by atoms with E-state index in [0.717, 1.165) is 16.8 Å². The highest BCUT2D eigenvalue weighted by molar-refractivity contribution is 6.06. The van der Waals surface area contributed by atoms with Crippen LogP contribution in [-0.4, -0.2) is 60.6 Å². The van der Waals surface area contributed by atoms with Crippen LogP contribution in [0.25, 0.3) is 11.3 Å². The first-order chi connectivity index (χ1) is 19.8. The van der Waals surface area contributed by atoms with Crippen molar-refractivity contribution in [2.75, 3.05) is 18.0 Å². The number of anilines is 2. The van der Waals surface area contributed by atoms with Crippen molar-refractivity contribution in [1.82, 2.24) is 19.4 Å². The van der Waals surface area contributed by atoms with Crippen LogP contribution in [0.4, 0.5) is 11.4 Å². The Hall–Kier alpha value is -4.83. The van der Waals surface area contributed by atoms with E-state index in [2.05, 4.69) is 20.9 Å². The van der Waals surface area contributed by atoms with E-state index in [9.17, 15) is 19.5 Å². The van der Waals surface area contributed by atoms with E-state index in [1.807, 2.05) is 30.3 Å². The van der Waals surface area contributed by atoms with Crippen molar-refractivity contribution in [3.05, 3.63) is 95.7 Å². The minimum absolute atomic E-state index is 0.0568. The molecule has 0 aliphatic carbocycles. The number of pyridine rings is 1. The number of aromatic nitrogens is 3. The number of hydrogen-bond acceptors (Lipinski definition) is 6. The number of imidazole rings is 1. The fourth-order valence-corrected chi connectivity index (χ4v) is 5.92. The number of rotatable bonds is 6. The lowest BCUT2D eigenvalue weighted by atomic mass is 9.70. The van der Waals surface area contributed by atoms with Crippen LogP contribution in [0.15, 0.2) is 73.1 Å². The quantitative estimate of drug-likeness (QED) is 0.361. The number of benzene rings is 2. The molecule has 1 saturated heterocycles. The minimum Gasteiger partial charge on any atom is -0.478 e. The summed E-state index contributed by atoms with van der Waals surface area (Å²) in [6, 6.07) is 18.3. The third-order valence-electron chi connectivity index (χ3n) is 8.33. The molecule has 2 N–H and O–H groups in total. The summed E-state index contributed by atoms with van der Waals surface area (Å²) in [4.78, 5) is 49.8. The van der Waals surface area contributed by atoms with E-state index in [1.165, 1.54) is 6.20 Å². The maximum Gasteiger partial charge on any atom is 0.354 e. The number of hydrogen-bond donors (Lipinski definition) is 2. The summed E-state index contributed by atoms with van der Waals surface area (Å²) >= 11 is 0. The Balaban J connectivity index is 1.24. The lowest BCUT2D eigenvalue weighted by Crippen LogP contribution is -2.52. The van der Waals surface area contributed by atoms with Crippen molar-refractivity contribution < 1.29 is 24.6 Å². The highest BCUT2D eigenvalue weighted by Gasteiger charge is 2.48. The fourth-order valence-electron chi connectivity index (χ4n) is 5.92. The van der Waals surface area contributed by atoms with Gasteiger partial charge in [0.05, 0.1) is 47.0 Å². The van der Waals surface area contributed by atoms with Crippen molar-refractivity contribution in [3.63, 3.8) is 0 Å². The topological polar surface area (TPSA) is 129 Å². The van der Waals surface area contributed by atoms with Gasteiger partial charge in [-0.25, -0.2) is 14.6 Å². The van der Waals surface area contributed by atoms with Gasteiger partial charge in [0.25, 0.3) is 0 Å². The molecule has 0 unspecified atom stereocenters. The summed E-state index contributed by atoms with van der Waals surface area (Å²) in [5, 5.41) is 18.5. The fraction of sp³-hybridized carbons (Fsp3) is 0.258. The number of carbonyl (C=O) groups is 3. The molecule has 4 heterocycles. The number of fused-ring (bicyclic) bond motifs is 1. The number of carbonyl (C=O) groups excluding carboxylic acids is 1. The average molecular weight is 552 g/mol. The lowest BCUT2D eigenvalue weighted by molar-refractivity contribution is -0.131. The molecule has 2 aromatic heterocycles. The SMILES string of the molecule is Cn1c(C(=O)O)cnc1CN1CCC2(CC1)Cc1ccccc1N(c1ccc(-c3ccc(C(=O)O)cc3)nc1)C2=O. The summed E-state index contributed by atoms with van der Waals surface area (Å²) in [7, 11) is 1.71. The third-order valence-corrected chi connectivity index (χ3v) is 8.33. The van der Waals surface area contributed by atoms with Crippen LogP contribution in [0.1, 0.15) is 45.1 Å². The Morgan fingerprint density at radius 1 is 0.902 bits per heavy atom. The van der Waals surface area contributed by atoms with E-state index >= 15 is 0 Å². The maximum absolute atomic E-state index is 14.3. The number of piperidine rings is 1. The standard InChI is InChI=1S/C31H29N5O5/c1-34-26(29(39)40)18-33-27(34)19-35-14-12-31(13-15-35)16-22-4-2-3-5-25(22)36(30(31)41)23-10-11-24(32-17-23)20-6-8-21(9-7-20)28(37)38/h2-11,17-18H,12-16,19H2,1H3,(H,37,38)(H,39,40). The van der Waals surface area contributed by atoms with Gasteiger partial charge in [-0.05, 0) is 68.2 Å². The van der Waals surface area contributed by atoms with Gasteiger partial charge in [0.2, 0.25) is 5.91 Å². The van der Waals surface area contributed by atoms with Crippen molar-refractivity contribution >= 4 is 29.2 Å². The normalized spacial score (nSPS) is 16.5. The molecule has 41 heavy (non-hydrogen) atoms. The van der Waals surface area contributed by atoms with E-state index in [-0.39, 0.29) is 17.2 Å². The number of nitrogens with zero attached hydrogens (tertiary/aromatic N) is 5. The molecule has 1 amide bonds. The van der Waals surface area contributed by atoms with Crippen LogP contribution in [0.5, 0.6) is 0 Å². The molecule has 2 aromatic carbocycles. The minimum atomic E-state index is -1.01. The zero-order valence-corrected chi connectivity index (χ0v) is 22.5. The predicted molar refractivity (Wildman–Crippen MR) is 151 cm³/mol. The molecule has 2 aliphatic heterocycles. The molecule has 10 heteroatoms. The first kappa shape index (κ1) is 26.4. The van der Waals surface area contributed by atoms with Gasteiger partial charge >= 0.3 is 11.9 Å². The molecular weight excluding hydrogens is 522 g/mol. The summed E-state index contributed by atoms with van der Waals surface area (Å²) in [5.74, 6) is -1.25. The molecule has 10 nitrogen and oxygen atoms in total. The van der Waals surface area contributed by atoms with Gasteiger partial charge in [-0.1, -0.05) is 30.3 Å². The first-order valence-corrected chi connectivity index (χ1v) is 13.4. The Bertz CT molecular complexity index is 1640. The predicted octanol–water partition coefficient (Wildman–Crippen LogP) is 4.38. The lowest BCUT2D eigenvalue weighted by Gasteiger charge is -2.46. The molecule has 2 aliphatic rings. The van der Waals surface area contributed by atoms with Crippen LogP contribution in [0.3, 0.4) is 0 Å². The second-order valence-electron chi connectivity index (χ2n) is 10.7. The van der Waals surface area contributed by atoms with Crippen LogP contribution >= 0.6 is 0 Å². The van der Waals surface area contributed by atoms with Crippen LogP contribution < -0.4 is 4.90 Å². The van der Waals surface area contributed by atoms with E-state index in [4.69, 9.17) is 5.11 Å². The molecule has 6 rings (SSSR count). The van der Waals surface area contributed by atoms with Gasteiger partial charge in [-0.2, -0.15) is 0 Å². The monoisotopic (exact) mass is 551 g/mol. The Labute approximate surface area is 236 Å². The summed E-state index contributed by atoms with van der Waals surface area (Å²) in [6.07, 6.45) is 5.10. The number of aromatic carboxylic acids is 2. The zero-order chi connectivity index (χ0) is 28.7. The van der Waals surface area contributed by atoms with Crippen LogP contribution in [0.2, 0.25) is 0 Å². The highest BCUT2D eigenvalue weighted by atomic mass is 16.4. The van der Waals surface area contributed by atoms with Gasteiger partial charge in [0, 0.05) is 12.6 Å². The van der Waals surface area contributed by atoms with Crippen molar-refractivity contribution in [2.45, 2.75) is 25.8 Å². The largest absolute Gasteiger partial charge is 0.478 e. The number of amides is 1. The third kappa shape index (κ3) is 4.76. The summed E-state index contributed by atoms with van der Waals surface area (Å²) in [5.41, 5.74) is 3.95. The molecule has 208 valence electrons. The number of carboxylic acid groups (broad SMARTS) is 2. The van der Waals surface area contributed by atoms with Gasteiger partial charge in [0.15, 0.2) is 0 Å². The van der Waals surface area contributed by atoms with Gasteiger partial charge in [-0.3, -0.25) is 19.6 Å². The average Bonchev–Trinajstić information content (AvgIpc) is 3.35. The molecule has 0 radical (unpaired) electrons. The van der Waals surface area contributed by atoms with Crippen molar-refractivity contribution in [1.29, 1.82) is 0 Å². The van der Waals surface area contributed by atoms with Crippen molar-refractivity contribution in [3.8, 4) is 11.3 Å². The number of carboxylic acids is 2. The Kier molecular flexibility index (Phi) is 6.63. The van der Waals surface area contributed by atoms with Crippen LogP contribution in [0, 0.1) is 5.41 Å². The molecule has 1 fully saturated rings. The summed E-state index contributed by atoms with van der Waals surface area (Å²) in [6.45, 7) is 1.91. The van der Waals surface area contributed by atoms with E-state index in [1.54, 1.807) is 47.0 Å². The molecule has 1 spiro atoms. The van der Waals surface area contributed by atoms with Gasteiger partial charge < -0.3 is 14.8 Å². The van der Waals surface area contributed by atoms with Gasteiger partial charge in [-0.15, -0.1) is 0 Å². The van der Waals surface area contributed by atoms with Gasteiger partial charge in [0.1, 0.15) is 11.5 Å². The Morgan fingerprint density at radius 2 is 1.63 bits per heavy atom. The maximum atomic E-state index is 14.3. The number of likely N-dealkylation sites (tertiary alicyclic amines) is 1. The first-order valence-electron chi connectivity index (χ1n) is 13.4. The molecule has 0 bridgehead atoms. The molecular formula is C31H29N5O5. The molecule has 0 atom stereocenters.